The van der Waals surface area contributed by atoms with Gasteiger partial charge in [0.25, 0.3) is 0 Å². The molecule has 2 rings (SSSR count). The van der Waals surface area contributed by atoms with Crippen LogP contribution in [0.3, 0.4) is 0 Å². The van der Waals surface area contributed by atoms with Crippen LogP contribution in [-0.4, -0.2) is 47.9 Å². The number of hydrogen-bond acceptors (Lipinski definition) is 4. The van der Waals surface area contributed by atoms with Crippen LogP contribution < -0.4 is 0 Å². The summed E-state index contributed by atoms with van der Waals surface area (Å²) >= 11 is 0. The van der Waals surface area contributed by atoms with Crippen LogP contribution in [0.25, 0.3) is 0 Å². The summed E-state index contributed by atoms with van der Waals surface area (Å²) in [6.45, 7) is 12.7. The topological polar surface area (TPSA) is 63.0 Å². The maximum atomic E-state index is 13.4. The largest absolute Gasteiger partial charge is 0.467 e. The van der Waals surface area contributed by atoms with Crippen LogP contribution >= 0.6 is 0 Å². The van der Waals surface area contributed by atoms with Crippen molar-refractivity contribution in [2.45, 2.75) is 67.0 Å². The molecule has 0 radical (unpaired) electrons. The van der Waals surface area contributed by atoms with Crippen LogP contribution in [0.2, 0.25) is 0 Å². The van der Waals surface area contributed by atoms with E-state index in [-0.39, 0.29) is 42.1 Å². The number of carbonyl (C=O) groups is 2. The molecule has 0 unspecified atom stereocenters. The molecule has 35 heavy (non-hydrogen) atoms. The highest BCUT2D eigenvalue weighted by atomic mass is 19.1. The number of rotatable bonds is 14. The third-order valence-electron chi connectivity index (χ3n) is 5.65. The zero-order valence-electron chi connectivity index (χ0n) is 21.9. The van der Waals surface area contributed by atoms with Gasteiger partial charge in [0.1, 0.15) is 11.6 Å². The lowest BCUT2D eigenvalue weighted by Gasteiger charge is -2.29. The van der Waals surface area contributed by atoms with Crippen molar-refractivity contribution in [3.63, 3.8) is 0 Å². The van der Waals surface area contributed by atoms with Crippen molar-refractivity contribution < 1.29 is 23.1 Å². The molecule has 0 spiro atoms. The maximum Gasteiger partial charge on any atom is 0.242 e. The molecule has 0 aliphatic carbocycles. The third kappa shape index (κ3) is 11.1. The highest BCUT2D eigenvalue weighted by molar-refractivity contribution is 5.85. The molecule has 1 aromatic carbocycles. The van der Waals surface area contributed by atoms with Gasteiger partial charge in [0.2, 0.25) is 11.8 Å². The molecular weight excluding hydrogens is 447 g/mol. The quantitative estimate of drug-likeness (QED) is 0.322. The fourth-order valence-electron chi connectivity index (χ4n) is 4.23. The van der Waals surface area contributed by atoms with Crippen molar-refractivity contribution in [1.29, 1.82) is 0 Å². The average Bonchev–Trinajstić information content (AvgIpc) is 3.28. The molecule has 7 heteroatoms. The van der Waals surface area contributed by atoms with Gasteiger partial charge in [-0.3, -0.25) is 9.59 Å². The van der Waals surface area contributed by atoms with E-state index in [0.717, 1.165) is 12.0 Å². The minimum atomic E-state index is -0.326. The summed E-state index contributed by atoms with van der Waals surface area (Å²) in [5, 5.41) is 0. The van der Waals surface area contributed by atoms with Crippen LogP contribution in [0.15, 0.2) is 47.1 Å². The smallest absolute Gasteiger partial charge is 0.242 e. The molecule has 1 aromatic heterocycles. The van der Waals surface area contributed by atoms with Crippen molar-refractivity contribution in [1.82, 2.24) is 9.80 Å². The average molecular weight is 489 g/mol. The van der Waals surface area contributed by atoms with Crippen molar-refractivity contribution in [2.75, 3.05) is 26.3 Å². The molecule has 0 saturated heterocycles. The summed E-state index contributed by atoms with van der Waals surface area (Å²) < 4.78 is 24.3. The molecule has 0 bridgehead atoms. The number of halogens is 1. The first-order valence-corrected chi connectivity index (χ1v) is 12.5. The summed E-state index contributed by atoms with van der Waals surface area (Å²) in [6, 6.07) is 9.67. The lowest BCUT2D eigenvalue weighted by atomic mass is 9.84. The number of nitrogens with zero attached hydrogens (tertiary/aromatic N) is 2. The van der Waals surface area contributed by atoms with E-state index >= 15 is 0 Å². The molecule has 194 valence electrons. The van der Waals surface area contributed by atoms with Crippen LogP contribution in [0, 0.1) is 17.2 Å². The Morgan fingerprint density at radius 3 is 2.37 bits per heavy atom. The Balaban J connectivity index is 2.13. The normalized spacial score (nSPS) is 12.4. The van der Waals surface area contributed by atoms with E-state index in [1.54, 1.807) is 34.3 Å². The third-order valence-corrected chi connectivity index (χ3v) is 5.65. The second-order valence-corrected chi connectivity index (χ2v) is 10.4. The van der Waals surface area contributed by atoms with Gasteiger partial charge < -0.3 is 19.0 Å². The van der Waals surface area contributed by atoms with Crippen molar-refractivity contribution in [3.05, 3.63) is 59.8 Å². The zero-order valence-corrected chi connectivity index (χ0v) is 21.9. The summed E-state index contributed by atoms with van der Waals surface area (Å²) in [7, 11) is 0. The summed E-state index contributed by atoms with van der Waals surface area (Å²) in [6.07, 6.45) is 3.55. The predicted octanol–water partition coefficient (Wildman–Crippen LogP) is 5.67. The Hall–Kier alpha value is -2.67. The molecule has 1 heterocycles. The van der Waals surface area contributed by atoms with E-state index < -0.39 is 0 Å². The van der Waals surface area contributed by atoms with E-state index in [2.05, 4.69) is 27.7 Å². The van der Waals surface area contributed by atoms with Gasteiger partial charge in [-0.2, -0.15) is 0 Å². The Labute approximate surface area is 209 Å². The Morgan fingerprint density at radius 2 is 1.77 bits per heavy atom. The number of benzene rings is 1. The minimum absolute atomic E-state index is 0.0188. The maximum absolute atomic E-state index is 13.4. The molecule has 1 atom stereocenters. The highest BCUT2D eigenvalue weighted by Gasteiger charge is 2.25. The molecule has 0 saturated carbocycles. The van der Waals surface area contributed by atoms with Crippen molar-refractivity contribution in [2.24, 2.45) is 11.3 Å². The minimum Gasteiger partial charge on any atom is -0.467 e. The van der Waals surface area contributed by atoms with Crippen LogP contribution in [-0.2, 0) is 27.4 Å². The van der Waals surface area contributed by atoms with Gasteiger partial charge in [-0.05, 0) is 60.9 Å². The van der Waals surface area contributed by atoms with Crippen molar-refractivity contribution in [3.8, 4) is 0 Å². The molecule has 2 aromatic rings. The molecule has 0 aliphatic rings. The molecule has 2 amide bonds. The van der Waals surface area contributed by atoms with E-state index in [9.17, 15) is 14.0 Å². The highest BCUT2D eigenvalue weighted by Crippen LogP contribution is 2.26. The van der Waals surface area contributed by atoms with Crippen LogP contribution in [0.1, 0.15) is 65.2 Å². The second-order valence-electron chi connectivity index (χ2n) is 10.4. The Kier molecular flexibility index (Phi) is 11.4. The Morgan fingerprint density at radius 1 is 1.06 bits per heavy atom. The molecule has 0 aliphatic heterocycles. The van der Waals surface area contributed by atoms with Gasteiger partial charge in [0, 0.05) is 32.7 Å². The van der Waals surface area contributed by atoms with Crippen LogP contribution in [0.4, 0.5) is 4.39 Å². The van der Waals surface area contributed by atoms with Crippen LogP contribution in [0.5, 0.6) is 0 Å². The van der Waals surface area contributed by atoms with E-state index in [0.29, 0.717) is 44.9 Å². The fourth-order valence-corrected chi connectivity index (χ4v) is 4.23. The predicted molar refractivity (Wildman–Crippen MR) is 135 cm³/mol. The summed E-state index contributed by atoms with van der Waals surface area (Å²) in [4.78, 5) is 30.0. The Bertz CT molecular complexity index is 891. The summed E-state index contributed by atoms with van der Waals surface area (Å²) in [5.41, 5.74) is 0.934. The first-order valence-electron chi connectivity index (χ1n) is 12.5. The van der Waals surface area contributed by atoms with E-state index in [4.69, 9.17) is 9.15 Å². The monoisotopic (exact) mass is 488 g/mol. The fraction of sp³-hybridized carbons (Fsp3) is 0.571. The number of hydrogen-bond donors (Lipinski definition) is 0. The van der Waals surface area contributed by atoms with Gasteiger partial charge in [-0.15, -0.1) is 0 Å². The van der Waals surface area contributed by atoms with Gasteiger partial charge in [-0.25, -0.2) is 4.39 Å². The van der Waals surface area contributed by atoms with Gasteiger partial charge in [0.05, 0.1) is 19.4 Å². The molecule has 0 N–H and O–H groups in total. The van der Waals surface area contributed by atoms with Gasteiger partial charge in [-0.1, -0.05) is 39.8 Å². The van der Waals surface area contributed by atoms with E-state index in [1.165, 1.54) is 12.1 Å². The number of carbonyl (C=O) groups excluding carboxylic acids is 2. The molecule has 0 fully saturated rings. The summed E-state index contributed by atoms with van der Waals surface area (Å²) in [5.74, 6) is 0.331. The lowest BCUT2D eigenvalue weighted by Crippen LogP contribution is -2.43. The number of furan rings is 1. The second kappa shape index (κ2) is 14.0. The molecule has 6 nitrogen and oxygen atoms in total. The van der Waals surface area contributed by atoms with Gasteiger partial charge in [0.15, 0.2) is 0 Å². The zero-order chi connectivity index (χ0) is 25.8. The van der Waals surface area contributed by atoms with Crippen molar-refractivity contribution >= 4 is 11.8 Å². The SMILES string of the molecule is CCOCCCN(CC(=O)N(Cc1ccc(F)cc1)Cc1ccco1)C(=O)C[C@@H](C)CC(C)(C)C. The standard InChI is InChI=1S/C28H41FN2O4/c1-6-34-15-8-14-30(26(32)17-22(2)18-28(3,4)5)21-27(33)31(20-25-9-7-16-35-25)19-23-10-12-24(29)13-11-23/h7,9-13,16,22H,6,8,14-15,17-21H2,1-5H3/t22-/m1/s1. The number of ether oxygens (including phenoxy) is 1. The lowest BCUT2D eigenvalue weighted by molar-refractivity contribution is -0.142. The first-order chi connectivity index (χ1) is 16.6. The molecular formula is C28H41FN2O4. The van der Waals surface area contributed by atoms with Gasteiger partial charge >= 0.3 is 0 Å². The number of amides is 2. The van der Waals surface area contributed by atoms with E-state index in [1.807, 2.05) is 13.0 Å². The first kappa shape index (κ1) is 28.6.